The first kappa shape index (κ1) is 19.2. The molecule has 5 nitrogen and oxygen atoms in total. The zero-order valence-corrected chi connectivity index (χ0v) is 16.7. The van der Waals surface area contributed by atoms with E-state index in [9.17, 15) is 8.42 Å². The second-order valence-electron chi connectivity index (χ2n) is 6.51. The molecular formula is C17H23ClN2O3S2. The normalized spacial score (nSPS) is 30.7. The lowest BCUT2D eigenvalue weighted by Gasteiger charge is -2.36. The number of alkyl halides is 1. The smallest absolute Gasteiger partial charge is 0.175 e. The first-order chi connectivity index (χ1) is 11.8. The highest BCUT2D eigenvalue weighted by Gasteiger charge is 2.29. The lowest BCUT2D eigenvalue weighted by molar-refractivity contribution is -0.0224. The van der Waals surface area contributed by atoms with Crippen LogP contribution in [0.3, 0.4) is 0 Å². The summed E-state index contributed by atoms with van der Waals surface area (Å²) in [5.41, 5.74) is 1.04. The Morgan fingerprint density at radius 2 is 2.04 bits per heavy atom. The van der Waals surface area contributed by atoms with E-state index in [1.165, 1.54) is 6.26 Å². The van der Waals surface area contributed by atoms with Gasteiger partial charge in [0.2, 0.25) is 0 Å². The van der Waals surface area contributed by atoms with Crippen LogP contribution in [0.2, 0.25) is 0 Å². The Bertz CT molecular complexity index is 724. The van der Waals surface area contributed by atoms with Gasteiger partial charge in [-0.15, -0.1) is 23.4 Å². The van der Waals surface area contributed by atoms with Gasteiger partial charge >= 0.3 is 0 Å². The van der Waals surface area contributed by atoms with Crippen LogP contribution in [0.4, 0.5) is 0 Å². The highest BCUT2D eigenvalue weighted by Crippen LogP contribution is 2.36. The van der Waals surface area contributed by atoms with Gasteiger partial charge in [-0.2, -0.15) is 0 Å². The van der Waals surface area contributed by atoms with Crippen molar-refractivity contribution in [1.29, 1.82) is 0 Å². The third kappa shape index (κ3) is 4.77. The van der Waals surface area contributed by atoms with Gasteiger partial charge in [0.25, 0.3) is 0 Å². The van der Waals surface area contributed by atoms with Crippen molar-refractivity contribution in [3.05, 3.63) is 29.8 Å². The van der Waals surface area contributed by atoms with Crippen LogP contribution in [0, 0.1) is 0 Å². The molecule has 0 saturated carbocycles. The van der Waals surface area contributed by atoms with Crippen LogP contribution in [0.5, 0.6) is 0 Å². The number of likely N-dealkylation sites (N-methyl/N-ethyl adjacent to an activating group) is 1. The zero-order chi connectivity index (χ0) is 18.0. The minimum Gasteiger partial charge on any atom is -0.357 e. The molecule has 0 spiro atoms. The van der Waals surface area contributed by atoms with E-state index in [1.54, 1.807) is 23.9 Å². The maximum absolute atomic E-state index is 11.6. The van der Waals surface area contributed by atoms with Crippen LogP contribution < -0.4 is 0 Å². The Hall–Kier alpha value is -0.600. The molecule has 0 amide bonds. The van der Waals surface area contributed by atoms with Gasteiger partial charge in [0.1, 0.15) is 6.23 Å². The van der Waals surface area contributed by atoms with Gasteiger partial charge in [-0.05, 0) is 37.6 Å². The summed E-state index contributed by atoms with van der Waals surface area (Å²) < 4.78 is 29.5. The molecule has 0 N–H and O–H groups in total. The van der Waals surface area contributed by atoms with Crippen LogP contribution in [0.15, 0.2) is 34.2 Å². The van der Waals surface area contributed by atoms with E-state index in [4.69, 9.17) is 16.3 Å². The maximum atomic E-state index is 11.6. The van der Waals surface area contributed by atoms with E-state index in [0.717, 1.165) is 18.4 Å². The Labute approximate surface area is 158 Å². The fraction of sp³-hybridized carbons (Fsp3) is 0.588. The minimum absolute atomic E-state index is 0.0700. The fourth-order valence-electron chi connectivity index (χ4n) is 3.09. The number of halogens is 1. The van der Waals surface area contributed by atoms with Crippen molar-refractivity contribution in [3.8, 4) is 0 Å². The number of hydrogen-bond acceptors (Lipinski definition) is 6. The van der Waals surface area contributed by atoms with Gasteiger partial charge in [0.05, 0.1) is 28.8 Å². The highest BCUT2D eigenvalue weighted by molar-refractivity contribution is 8.01. The van der Waals surface area contributed by atoms with E-state index < -0.39 is 9.84 Å². The van der Waals surface area contributed by atoms with Crippen molar-refractivity contribution in [1.82, 2.24) is 4.90 Å². The lowest BCUT2D eigenvalue weighted by Crippen LogP contribution is -2.43. The molecule has 1 fully saturated rings. The molecular weight excluding hydrogens is 380 g/mol. The summed E-state index contributed by atoms with van der Waals surface area (Å²) in [6, 6.07) is 7.10. The molecule has 2 aliphatic heterocycles. The summed E-state index contributed by atoms with van der Waals surface area (Å²) in [6.45, 7) is 1.30. The van der Waals surface area contributed by atoms with Crippen LogP contribution >= 0.6 is 23.4 Å². The second kappa shape index (κ2) is 7.96. The van der Waals surface area contributed by atoms with Gasteiger partial charge in [-0.3, -0.25) is 9.89 Å². The van der Waals surface area contributed by atoms with Crippen molar-refractivity contribution < 1.29 is 13.2 Å². The average molecular weight is 403 g/mol. The summed E-state index contributed by atoms with van der Waals surface area (Å²) >= 11 is 7.91. The van der Waals surface area contributed by atoms with E-state index in [-0.39, 0.29) is 17.0 Å². The minimum atomic E-state index is -3.18. The second-order valence-corrected chi connectivity index (χ2v) is 10.8. The quantitative estimate of drug-likeness (QED) is 0.708. The van der Waals surface area contributed by atoms with Crippen molar-refractivity contribution in [3.63, 3.8) is 0 Å². The van der Waals surface area contributed by atoms with Gasteiger partial charge in [0.15, 0.2) is 9.84 Å². The van der Waals surface area contributed by atoms with E-state index >= 15 is 0 Å². The third-order valence-electron chi connectivity index (χ3n) is 4.61. The van der Waals surface area contributed by atoms with Crippen molar-refractivity contribution in [2.24, 2.45) is 4.99 Å². The monoisotopic (exact) mass is 402 g/mol. The van der Waals surface area contributed by atoms with Gasteiger partial charge in [-0.25, -0.2) is 8.42 Å². The summed E-state index contributed by atoms with van der Waals surface area (Å²) in [7, 11) is -1.17. The van der Waals surface area contributed by atoms with Crippen LogP contribution in [-0.4, -0.2) is 62.2 Å². The lowest BCUT2D eigenvalue weighted by atomic mass is 10.0. The number of sulfone groups is 1. The summed E-state index contributed by atoms with van der Waals surface area (Å²) in [5.74, 6) is 0. The number of aliphatic imine (C=N–C) groups is 1. The Morgan fingerprint density at radius 3 is 2.64 bits per heavy atom. The molecule has 0 radical (unpaired) electrons. The molecule has 25 heavy (non-hydrogen) atoms. The predicted octanol–water partition coefficient (Wildman–Crippen LogP) is 2.95. The molecule has 8 heteroatoms. The van der Waals surface area contributed by atoms with Crippen LogP contribution in [-0.2, 0) is 14.6 Å². The molecule has 2 heterocycles. The zero-order valence-electron chi connectivity index (χ0n) is 14.3. The first-order valence-corrected chi connectivity index (χ1v) is 11.5. The molecule has 4 atom stereocenters. The molecule has 0 aromatic heterocycles. The third-order valence-corrected chi connectivity index (χ3v) is 7.55. The average Bonchev–Trinajstić information content (AvgIpc) is 2.99. The van der Waals surface area contributed by atoms with E-state index in [1.807, 2.05) is 25.4 Å². The largest absolute Gasteiger partial charge is 0.357 e. The number of benzene rings is 1. The van der Waals surface area contributed by atoms with E-state index in [0.29, 0.717) is 23.3 Å². The number of thioether (sulfide) groups is 1. The molecule has 2 aliphatic rings. The number of rotatable bonds is 5. The summed E-state index contributed by atoms with van der Waals surface area (Å²) in [6.07, 6.45) is 5.00. The van der Waals surface area contributed by atoms with Crippen molar-refractivity contribution >= 4 is 39.4 Å². The molecule has 0 bridgehead atoms. The van der Waals surface area contributed by atoms with Crippen LogP contribution in [0.25, 0.3) is 0 Å². The molecule has 4 unspecified atom stereocenters. The van der Waals surface area contributed by atoms with E-state index in [2.05, 4.69) is 9.89 Å². The highest BCUT2D eigenvalue weighted by atomic mass is 35.5. The number of ether oxygens (including phenoxy) is 1. The molecule has 1 aromatic rings. The Balaban J connectivity index is 1.64. The molecule has 1 aromatic carbocycles. The van der Waals surface area contributed by atoms with Crippen LogP contribution in [0.1, 0.15) is 24.4 Å². The molecule has 1 saturated heterocycles. The standard InChI is InChI=1S/C17H23ClN2O3S2/c1-20-15(12-3-6-14(7-4-12)25(2,21)22)9-19-10-17(20)23-11-13-5-8-16(18)24-13/h3-4,6-7,10,13,15-17H,5,8-9,11H2,1-2H3. The van der Waals surface area contributed by atoms with Crippen molar-refractivity contribution in [2.45, 2.75) is 40.0 Å². The fourth-order valence-corrected chi connectivity index (χ4v) is 5.40. The maximum Gasteiger partial charge on any atom is 0.175 e. The number of nitrogens with zero attached hydrogens (tertiary/aromatic N) is 2. The summed E-state index contributed by atoms with van der Waals surface area (Å²) in [5, 5.41) is 0.443. The van der Waals surface area contributed by atoms with Crippen molar-refractivity contribution in [2.75, 3.05) is 26.5 Å². The van der Waals surface area contributed by atoms with Gasteiger partial charge in [-0.1, -0.05) is 12.1 Å². The molecule has 138 valence electrons. The number of hydrogen-bond donors (Lipinski definition) is 0. The molecule has 0 aliphatic carbocycles. The van der Waals surface area contributed by atoms with Gasteiger partial charge < -0.3 is 4.74 Å². The Kier molecular flexibility index (Phi) is 6.11. The van der Waals surface area contributed by atoms with Gasteiger partial charge in [0, 0.05) is 17.7 Å². The topological polar surface area (TPSA) is 59.0 Å². The predicted molar refractivity (Wildman–Crippen MR) is 103 cm³/mol. The first-order valence-electron chi connectivity index (χ1n) is 8.27. The molecule has 3 rings (SSSR count). The SMILES string of the molecule is CN1C(OCC2CCC(Cl)S2)C=NCC1c1ccc(S(C)(=O)=O)cc1. The summed E-state index contributed by atoms with van der Waals surface area (Å²) in [4.78, 5) is 6.93. The Morgan fingerprint density at radius 1 is 1.32 bits per heavy atom.